The molecular formula is C15H16N2O2S. The Kier molecular flexibility index (Phi) is 4.20. The van der Waals surface area contributed by atoms with Gasteiger partial charge in [0.2, 0.25) is 0 Å². The smallest absolute Gasteiger partial charge is 0.266 e. The van der Waals surface area contributed by atoms with Crippen molar-refractivity contribution in [3.05, 3.63) is 51.7 Å². The van der Waals surface area contributed by atoms with Gasteiger partial charge in [-0.3, -0.25) is 9.59 Å². The molecular weight excluding hydrogens is 272 g/mol. The van der Waals surface area contributed by atoms with Gasteiger partial charge in [-0.15, -0.1) is 11.3 Å². The summed E-state index contributed by atoms with van der Waals surface area (Å²) in [6.45, 7) is 1.89. The Balaban J connectivity index is 2.28. The molecule has 2 amide bonds. The van der Waals surface area contributed by atoms with Gasteiger partial charge in [-0.25, -0.2) is 0 Å². The van der Waals surface area contributed by atoms with Crippen LogP contribution in [0.5, 0.6) is 0 Å². The second-order valence-electron chi connectivity index (χ2n) is 4.63. The number of benzene rings is 1. The molecule has 0 radical (unpaired) electrons. The zero-order chi connectivity index (χ0) is 14.7. The van der Waals surface area contributed by atoms with Gasteiger partial charge in [0, 0.05) is 14.1 Å². The van der Waals surface area contributed by atoms with Crippen LogP contribution in [-0.4, -0.2) is 30.8 Å². The summed E-state index contributed by atoms with van der Waals surface area (Å²) in [5.74, 6) is -0.319. The summed E-state index contributed by atoms with van der Waals surface area (Å²) in [4.78, 5) is 26.4. The van der Waals surface area contributed by atoms with E-state index < -0.39 is 0 Å². The highest BCUT2D eigenvalue weighted by Crippen LogP contribution is 2.21. The lowest BCUT2D eigenvalue weighted by Crippen LogP contribution is -2.24. The molecule has 0 aliphatic carbocycles. The van der Waals surface area contributed by atoms with Gasteiger partial charge in [-0.05, 0) is 36.1 Å². The highest BCUT2D eigenvalue weighted by molar-refractivity contribution is 7.12. The molecule has 0 fully saturated rings. The zero-order valence-corrected chi connectivity index (χ0v) is 12.5. The molecule has 0 atom stereocenters. The first-order chi connectivity index (χ1) is 9.50. The Morgan fingerprint density at radius 2 is 1.85 bits per heavy atom. The van der Waals surface area contributed by atoms with Crippen LogP contribution in [0.2, 0.25) is 0 Å². The summed E-state index contributed by atoms with van der Waals surface area (Å²) in [5, 5.41) is 4.69. The summed E-state index contributed by atoms with van der Waals surface area (Å²) in [5.41, 5.74) is 1.95. The molecule has 1 heterocycles. The standard InChI is InChI=1S/C15H16N2O2S/c1-10-8-9-20-13(10)14(18)16-12-7-5-4-6-11(12)15(19)17(2)3/h4-9H,1-3H3,(H,16,18). The van der Waals surface area contributed by atoms with Gasteiger partial charge >= 0.3 is 0 Å². The molecule has 0 aliphatic rings. The van der Waals surface area contributed by atoms with E-state index in [1.54, 1.807) is 38.4 Å². The Labute approximate surface area is 122 Å². The third kappa shape index (κ3) is 2.88. The lowest BCUT2D eigenvalue weighted by molar-refractivity contribution is 0.0828. The second-order valence-corrected chi connectivity index (χ2v) is 5.55. The molecule has 104 valence electrons. The molecule has 0 unspecified atom stereocenters. The van der Waals surface area contributed by atoms with E-state index in [0.717, 1.165) is 5.56 Å². The number of anilines is 1. The summed E-state index contributed by atoms with van der Waals surface area (Å²) in [6, 6.07) is 8.92. The zero-order valence-electron chi connectivity index (χ0n) is 11.6. The number of carbonyl (C=O) groups is 2. The second kappa shape index (κ2) is 5.88. The lowest BCUT2D eigenvalue weighted by atomic mass is 10.1. The van der Waals surface area contributed by atoms with Crippen LogP contribution < -0.4 is 5.32 Å². The summed E-state index contributed by atoms with van der Waals surface area (Å²) in [6.07, 6.45) is 0. The van der Waals surface area contributed by atoms with E-state index in [2.05, 4.69) is 5.32 Å². The highest BCUT2D eigenvalue weighted by atomic mass is 32.1. The first kappa shape index (κ1) is 14.3. The average molecular weight is 288 g/mol. The van der Waals surface area contributed by atoms with E-state index in [1.165, 1.54) is 16.2 Å². The monoisotopic (exact) mass is 288 g/mol. The Hall–Kier alpha value is -2.14. The summed E-state index contributed by atoms with van der Waals surface area (Å²) in [7, 11) is 3.37. The highest BCUT2D eigenvalue weighted by Gasteiger charge is 2.16. The van der Waals surface area contributed by atoms with Gasteiger partial charge < -0.3 is 10.2 Å². The van der Waals surface area contributed by atoms with Gasteiger partial charge in [0.1, 0.15) is 0 Å². The predicted molar refractivity (Wildman–Crippen MR) is 81.5 cm³/mol. The first-order valence-corrected chi connectivity index (χ1v) is 7.05. The molecule has 0 bridgehead atoms. The molecule has 4 nitrogen and oxygen atoms in total. The fraction of sp³-hybridized carbons (Fsp3) is 0.200. The molecule has 5 heteroatoms. The van der Waals surface area contributed by atoms with E-state index in [-0.39, 0.29) is 11.8 Å². The molecule has 2 rings (SSSR count). The van der Waals surface area contributed by atoms with Crippen LogP contribution in [0, 0.1) is 6.92 Å². The van der Waals surface area contributed by atoms with Crippen molar-refractivity contribution in [2.24, 2.45) is 0 Å². The number of hydrogen-bond donors (Lipinski definition) is 1. The van der Waals surface area contributed by atoms with Crippen LogP contribution in [0.1, 0.15) is 25.6 Å². The van der Waals surface area contributed by atoms with Crippen molar-refractivity contribution < 1.29 is 9.59 Å². The molecule has 2 aromatic rings. The number of nitrogens with zero attached hydrogens (tertiary/aromatic N) is 1. The van der Waals surface area contributed by atoms with Crippen molar-refractivity contribution in [1.29, 1.82) is 0 Å². The third-order valence-electron chi connectivity index (χ3n) is 2.88. The fourth-order valence-corrected chi connectivity index (χ4v) is 2.62. The van der Waals surface area contributed by atoms with Crippen molar-refractivity contribution in [2.45, 2.75) is 6.92 Å². The fourth-order valence-electron chi connectivity index (χ4n) is 1.80. The van der Waals surface area contributed by atoms with Gasteiger partial charge in [0.15, 0.2) is 0 Å². The van der Waals surface area contributed by atoms with Crippen molar-refractivity contribution in [3.63, 3.8) is 0 Å². The Bertz CT molecular complexity index is 647. The number of para-hydroxylation sites is 1. The Morgan fingerprint density at radius 1 is 1.15 bits per heavy atom. The van der Waals surface area contributed by atoms with Crippen LogP contribution in [-0.2, 0) is 0 Å². The largest absolute Gasteiger partial charge is 0.345 e. The minimum absolute atomic E-state index is 0.135. The minimum atomic E-state index is -0.184. The molecule has 1 N–H and O–H groups in total. The maximum absolute atomic E-state index is 12.2. The normalized spacial score (nSPS) is 10.2. The van der Waals surface area contributed by atoms with Crippen LogP contribution in [0.25, 0.3) is 0 Å². The maximum Gasteiger partial charge on any atom is 0.266 e. The number of nitrogens with one attached hydrogen (secondary N) is 1. The summed E-state index contributed by atoms with van der Waals surface area (Å²) >= 11 is 1.39. The van der Waals surface area contributed by atoms with Crippen LogP contribution in [0.4, 0.5) is 5.69 Å². The molecule has 0 saturated carbocycles. The first-order valence-electron chi connectivity index (χ1n) is 6.17. The molecule has 0 spiro atoms. The van der Waals surface area contributed by atoms with Gasteiger partial charge in [0.05, 0.1) is 16.1 Å². The molecule has 0 saturated heterocycles. The Morgan fingerprint density at radius 3 is 2.45 bits per heavy atom. The maximum atomic E-state index is 12.2. The van der Waals surface area contributed by atoms with Gasteiger partial charge in [0.25, 0.3) is 11.8 Å². The molecule has 1 aromatic carbocycles. The van der Waals surface area contributed by atoms with E-state index in [0.29, 0.717) is 16.1 Å². The number of rotatable bonds is 3. The van der Waals surface area contributed by atoms with Gasteiger partial charge in [-0.2, -0.15) is 0 Å². The third-order valence-corrected chi connectivity index (χ3v) is 3.90. The number of hydrogen-bond acceptors (Lipinski definition) is 3. The number of carbonyl (C=O) groups excluding carboxylic acids is 2. The average Bonchev–Trinajstić information content (AvgIpc) is 2.84. The molecule has 0 aliphatic heterocycles. The minimum Gasteiger partial charge on any atom is -0.345 e. The summed E-state index contributed by atoms with van der Waals surface area (Å²) < 4.78 is 0. The van der Waals surface area contributed by atoms with E-state index in [9.17, 15) is 9.59 Å². The van der Waals surface area contributed by atoms with Crippen LogP contribution >= 0.6 is 11.3 Å². The van der Waals surface area contributed by atoms with Crippen molar-refractivity contribution in [1.82, 2.24) is 4.90 Å². The van der Waals surface area contributed by atoms with Gasteiger partial charge in [-0.1, -0.05) is 12.1 Å². The van der Waals surface area contributed by atoms with E-state index >= 15 is 0 Å². The van der Waals surface area contributed by atoms with Crippen molar-refractivity contribution in [2.75, 3.05) is 19.4 Å². The SMILES string of the molecule is Cc1ccsc1C(=O)Nc1ccccc1C(=O)N(C)C. The number of amides is 2. The van der Waals surface area contributed by atoms with E-state index in [1.807, 2.05) is 18.4 Å². The molecule has 1 aromatic heterocycles. The number of thiophene rings is 1. The van der Waals surface area contributed by atoms with Crippen molar-refractivity contribution in [3.8, 4) is 0 Å². The lowest BCUT2D eigenvalue weighted by Gasteiger charge is -2.14. The van der Waals surface area contributed by atoms with Crippen molar-refractivity contribution >= 4 is 28.8 Å². The number of aryl methyl sites for hydroxylation is 1. The molecule has 20 heavy (non-hydrogen) atoms. The van der Waals surface area contributed by atoms with Crippen LogP contribution in [0.3, 0.4) is 0 Å². The predicted octanol–water partition coefficient (Wildman–Crippen LogP) is 3.01. The quantitative estimate of drug-likeness (QED) is 0.944. The van der Waals surface area contributed by atoms with Crippen LogP contribution in [0.15, 0.2) is 35.7 Å². The van der Waals surface area contributed by atoms with E-state index in [4.69, 9.17) is 0 Å². The topological polar surface area (TPSA) is 49.4 Å².